The predicted octanol–water partition coefficient (Wildman–Crippen LogP) is 5.83. The lowest BCUT2D eigenvalue weighted by atomic mass is 9.91. The van der Waals surface area contributed by atoms with Gasteiger partial charge in [0, 0.05) is 10.9 Å². The molecule has 1 atom stereocenters. The lowest BCUT2D eigenvalue weighted by Gasteiger charge is -2.20. The highest BCUT2D eigenvalue weighted by Gasteiger charge is 2.34. The molecule has 0 saturated heterocycles. The monoisotopic (exact) mass is 541 g/mol. The number of hydrogen-bond acceptors (Lipinski definition) is 6. The predicted molar refractivity (Wildman–Crippen MR) is 139 cm³/mol. The van der Waals surface area contributed by atoms with Crippen LogP contribution in [-0.4, -0.2) is 47.5 Å². The molecule has 2 aliphatic rings. The van der Waals surface area contributed by atoms with Crippen LogP contribution < -0.4 is 10.3 Å². The molecule has 0 radical (unpaired) electrons. The topological polar surface area (TPSA) is 79.7 Å². The summed E-state index contributed by atoms with van der Waals surface area (Å²) >= 11 is 6.10. The number of hydrazone groups is 1. The molecular weight excluding hydrogens is 519 g/mol. The van der Waals surface area contributed by atoms with E-state index in [2.05, 4.69) is 15.3 Å². The van der Waals surface area contributed by atoms with Crippen LogP contribution in [0.2, 0.25) is 5.02 Å². The van der Waals surface area contributed by atoms with E-state index in [9.17, 15) is 18.0 Å². The molecule has 1 N–H and O–H groups in total. The largest absolute Gasteiger partial charge is 0.397 e. The zero-order valence-electron chi connectivity index (χ0n) is 20.1. The summed E-state index contributed by atoms with van der Waals surface area (Å²) in [4.78, 5) is 21.2. The van der Waals surface area contributed by atoms with Crippen LogP contribution in [0.3, 0.4) is 0 Å². The number of alkyl halides is 3. The van der Waals surface area contributed by atoms with Crippen LogP contribution >= 0.6 is 11.6 Å². The Balaban J connectivity index is 1.57. The van der Waals surface area contributed by atoms with Crippen molar-refractivity contribution in [2.75, 3.05) is 30.1 Å². The zero-order chi connectivity index (χ0) is 26.7. The highest BCUT2D eigenvalue weighted by molar-refractivity contribution is 6.30. The van der Waals surface area contributed by atoms with Crippen LogP contribution in [0.5, 0.6) is 0 Å². The Bertz CT molecular complexity index is 1380. The highest BCUT2D eigenvalue weighted by atomic mass is 35.5. The van der Waals surface area contributed by atoms with Crippen LogP contribution in [0, 0.1) is 0 Å². The second kappa shape index (κ2) is 10.9. The summed E-state index contributed by atoms with van der Waals surface area (Å²) in [5.41, 5.74) is 3.49. The normalized spacial score (nSPS) is 17.7. The molecule has 1 aromatic heterocycles. The second-order valence-electron chi connectivity index (χ2n) is 8.86. The van der Waals surface area contributed by atoms with Crippen molar-refractivity contribution in [3.63, 3.8) is 0 Å². The van der Waals surface area contributed by atoms with Gasteiger partial charge in [-0.2, -0.15) is 18.3 Å². The van der Waals surface area contributed by atoms with Crippen LogP contribution in [0.25, 0.3) is 5.57 Å². The summed E-state index contributed by atoms with van der Waals surface area (Å²) in [7, 11) is 0. The number of ether oxygens (including phenoxy) is 1. The molecule has 11 heteroatoms. The summed E-state index contributed by atoms with van der Waals surface area (Å²) in [5.74, 6) is -0.760. The number of nitrogens with zero attached hydrogens (tertiary/aromatic N) is 4. The lowest BCUT2D eigenvalue weighted by Crippen LogP contribution is -2.25. The summed E-state index contributed by atoms with van der Waals surface area (Å²) in [6, 6.07) is 17.0. The first-order chi connectivity index (χ1) is 18.3. The Hall–Kier alpha value is -3.76. The fraction of sp³-hybridized carbons (Fsp3) is 0.259. The molecule has 3 aromatic rings. The maximum absolute atomic E-state index is 12.9. The van der Waals surface area contributed by atoms with Crippen molar-refractivity contribution >= 4 is 40.3 Å². The molecule has 1 amide bonds. The van der Waals surface area contributed by atoms with E-state index < -0.39 is 18.5 Å². The van der Waals surface area contributed by atoms with Gasteiger partial charge in [0.25, 0.3) is 0 Å². The van der Waals surface area contributed by atoms with E-state index in [4.69, 9.17) is 21.4 Å². The van der Waals surface area contributed by atoms with Gasteiger partial charge in [-0.3, -0.25) is 4.79 Å². The molecule has 196 valence electrons. The fourth-order valence-electron chi connectivity index (χ4n) is 4.38. The third-order valence-corrected chi connectivity index (χ3v) is 6.41. The molecule has 0 bridgehead atoms. The Morgan fingerprint density at radius 2 is 1.89 bits per heavy atom. The van der Waals surface area contributed by atoms with Gasteiger partial charge in [0.15, 0.2) is 11.6 Å². The first kappa shape index (κ1) is 25.9. The summed E-state index contributed by atoms with van der Waals surface area (Å²) in [6.07, 6.45) is -2.49. The average Bonchev–Trinajstić information content (AvgIpc) is 3.35. The van der Waals surface area contributed by atoms with Crippen molar-refractivity contribution in [3.05, 3.63) is 88.8 Å². The quantitative estimate of drug-likeness (QED) is 0.424. The molecule has 0 fully saturated rings. The Kier molecular flexibility index (Phi) is 7.44. The number of anilines is 2. The Labute approximate surface area is 222 Å². The van der Waals surface area contributed by atoms with Crippen LogP contribution in [0.4, 0.5) is 24.7 Å². The molecule has 0 saturated carbocycles. The minimum Gasteiger partial charge on any atom is -0.377 e. The third-order valence-electron chi connectivity index (χ3n) is 6.15. The molecule has 0 aliphatic carbocycles. The number of halogens is 4. The first-order valence-corrected chi connectivity index (χ1v) is 12.3. The third kappa shape index (κ3) is 6.03. The number of amides is 1. The Morgan fingerprint density at radius 3 is 2.58 bits per heavy atom. The fourth-order valence-corrected chi connectivity index (χ4v) is 4.51. The van der Waals surface area contributed by atoms with Gasteiger partial charge in [-0.15, -0.1) is 0 Å². The van der Waals surface area contributed by atoms with E-state index in [1.54, 1.807) is 17.1 Å². The molecule has 3 heterocycles. The van der Waals surface area contributed by atoms with E-state index in [0.29, 0.717) is 37.0 Å². The lowest BCUT2D eigenvalue weighted by molar-refractivity contribution is -0.150. The van der Waals surface area contributed by atoms with Gasteiger partial charge in [-0.1, -0.05) is 60.1 Å². The molecule has 1 unspecified atom stereocenters. The number of carbonyl (C=O) groups is 1. The number of hydrogen-bond donors (Lipinski definition) is 1. The number of carbonyl (C=O) groups excluding carboxylic acids is 1. The molecule has 0 spiro atoms. The molecule has 38 heavy (non-hydrogen) atoms. The molecule has 5 rings (SSSR count). The molecule has 7 nitrogen and oxygen atoms in total. The zero-order valence-corrected chi connectivity index (χ0v) is 20.8. The minimum atomic E-state index is -4.65. The van der Waals surface area contributed by atoms with Crippen LogP contribution in [0.1, 0.15) is 35.7 Å². The van der Waals surface area contributed by atoms with Crippen molar-refractivity contribution < 1.29 is 22.7 Å². The Morgan fingerprint density at radius 1 is 1.13 bits per heavy atom. The number of benzene rings is 2. The summed E-state index contributed by atoms with van der Waals surface area (Å²) in [5, 5.41) is 9.37. The van der Waals surface area contributed by atoms with Gasteiger partial charge in [0.1, 0.15) is 12.1 Å². The van der Waals surface area contributed by atoms with Crippen molar-refractivity contribution in [1.82, 2.24) is 9.97 Å². The van der Waals surface area contributed by atoms with Gasteiger partial charge < -0.3 is 10.1 Å². The first-order valence-electron chi connectivity index (χ1n) is 11.9. The smallest absolute Gasteiger partial charge is 0.377 e. The van der Waals surface area contributed by atoms with Gasteiger partial charge >= 0.3 is 6.18 Å². The van der Waals surface area contributed by atoms with Gasteiger partial charge in [0.2, 0.25) is 5.91 Å². The van der Waals surface area contributed by atoms with Crippen molar-refractivity contribution in [1.29, 1.82) is 0 Å². The SMILES string of the molecule is O=C(CC(F)(F)F)Nc1cnc(C2=CCOCC2)nc1N1CC(c2ccccc2)C(c2ccc(Cl)cc2)=N1. The number of rotatable bonds is 6. The highest BCUT2D eigenvalue weighted by Crippen LogP contribution is 2.35. The van der Waals surface area contributed by atoms with Gasteiger partial charge in [-0.25, -0.2) is 15.0 Å². The maximum Gasteiger partial charge on any atom is 0.397 e. The number of nitrogens with one attached hydrogen (secondary N) is 1. The van der Waals surface area contributed by atoms with Crippen LogP contribution in [-0.2, 0) is 9.53 Å². The van der Waals surface area contributed by atoms with Crippen molar-refractivity contribution in [3.8, 4) is 0 Å². The standard InChI is InChI=1S/C27H23ClF3N5O2/c28-20-8-6-18(7-9-20)24-21(17-4-2-1-3-5-17)16-36(35-24)26-22(33-23(37)14-27(29,30)31)15-32-25(34-26)19-10-12-38-13-11-19/h1-10,15,21H,11-14,16H2,(H,33,37). The number of aromatic nitrogens is 2. The van der Waals surface area contributed by atoms with E-state index in [1.807, 2.05) is 48.5 Å². The van der Waals surface area contributed by atoms with E-state index in [1.165, 1.54) is 6.20 Å². The van der Waals surface area contributed by atoms with Gasteiger partial charge in [-0.05, 0) is 35.3 Å². The molecular formula is C27H23ClF3N5O2. The van der Waals surface area contributed by atoms with Gasteiger partial charge in [0.05, 0.1) is 31.7 Å². The van der Waals surface area contributed by atoms with E-state index in [-0.39, 0.29) is 17.4 Å². The van der Waals surface area contributed by atoms with Crippen LogP contribution in [0.15, 0.2) is 72.0 Å². The van der Waals surface area contributed by atoms with Crippen molar-refractivity contribution in [2.45, 2.75) is 24.9 Å². The molecule has 2 aromatic carbocycles. The average molecular weight is 542 g/mol. The van der Waals surface area contributed by atoms with Crippen molar-refractivity contribution in [2.24, 2.45) is 5.10 Å². The summed E-state index contributed by atoms with van der Waals surface area (Å²) < 4.78 is 44.0. The maximum atomic E-state index is 12.9. The van der Waals surface area contributed by atoms with E-state index in [0.717, 1.165) is 22.4 Å². The molecule has 2 aliphatic heterocycles. The summed E-state index contributed by atoms with van der Waals surface area (Å²) in [6.45, 7) is 1.27. The second-order valence-corrected chi connectivity index (χ2v) is 9.30. The van der Waals surface area contributed by atoms with E-state index >= 15 is 0 Å². The minimum absolute atomic E-state index is 0.0450.